The van der Waals surface area contributed by atoms with Crippen LogP contribution in [0.15, 0.2) is 0 Å². The van der Waals surface area contributed by atoms with Gasteiger partial charge in [0.2, 0.25) is 0 Å². The monoisotopic (exact) mass is 390 g/mol. The zero-order valence-electron chi connectivity index (χ0n) is 20.0. The molecule has 0 saturated heterocycles. The Balaban J connectivity index is 1.89. The highest BCUT2D eigenvalue weighted by Gasteiger charge is 2.60. The quantitative estimate of drug-likeness (QED) is 0.423. The molecule has 0 N–H and O–H groups in total. The maximum atomic E-state index is 14.0. The summed E-state index contributed by atoms with van der Waals surface area (Å²) in [4.78, 5) is 14.0. The third-order valence-electron chi connectivity index (χ3n) is 9.95. The summed E-state index contributed by atoms with van der Waals surface area (Å²) in [6.45, 7) is 18.0. The smallest absolute Gasteiger partial charge is 0.312 e. The molecule has 4 saturated carbocycles. The van der Waals surface area contributed by atoms with Crippen LogP contribution < -0.4 is 0 Å². The van der Waals surface area contributed by atoms with Gasteiger partial charge < -0.3 is 4.74 Å². The number of hydrogen-bond donors (Lipinski definition) is 0. The number of esters is 1. The fraction of sp³-hybridized carbons (Fsp3) is 0.962. The van der Waals surface area contributed by atoms with E-state index in [0.29, 0.717) is 11.8 Å². The highest BCUT2D eigenvalue weighted by atomic mass is 16.6. The van der Waals surface area contributed by atoms with Crippen molar-refractivity contribution in [2.24, 2.45) is 39.9 Å². The highest BCUT2D eigenvalue weighted by molar-refractivity contribution is 5.78. The average molecular weight is 391 g/mol. The van der Waals surface area contributed by atoms with Crippen LogP contribution in [0.4, 0.5) is 0 Å². The molecular formula is C26H46O2. The normalized spacial score (nSPS) is 37.0. The van der Waals surface area contributed by atoms with E-state index in [1.54, 1.807) is 0 Å². The van der Waals surface area contributed by atoms with Gasteiger partial charge in [-0.05, 0) is 86.4 Å². The molecular weight excluding hydrogens is 344 g/mol. The molecule has 4 fully saturated rings. The van der Waals surface area contributed by atoms with Gasteiger partial charge in [-0.3, -0.25) is 4.79 Å². The number of carbonyl (C=O) groups is 1. The van der Waals surface area contributed by atoms with Gasteiger partial charge in [-0.15, -0.1) is 0 Å². The summed E-state index contributed by atoms with van der Waals surface area (Å²) in [7, 11) is 0. The fourth-order valence-corrected chi connectivity index (χ4v) is 7.08. The molecule has 2 heteroatoms. The Hall–Kier alpha value is -0.530. The minimum absolute atomic E-state index is 0.0856. The van der Waals surface area contributed by atoms with Crippen LogP contribution in [0.5, 0.6) is 0 Å². The van der Waals surface area contributed by atoms with Crippen LogP contribution in [-0.2, 0) is 9.53 Å². The Kier molecular flexibility index (Phi) is 5.79. The summed E-state index contributed by atoms with van der Waals surface area (Å²) in [5.41, 5.74) is -0.572. The molecule has 0 spiro atoms. The van der Waals surface area contributed by atoms with Gasteiger partial charge in [-0.25, -0.2) is 0 Å². The van der Waals surface area contributed by atoms with Gasteiger partial charge >= 0.3 is 5.97 Å². The lowest BCUT2D eigenvalue weighted by molar-refractivity contribution is -0.225. The van der Waals surface area contributed by atoms with Crippen LogP contribution in [0.25, 0.3) is 0 Å². The van der Waals surface area contributed by atoms with Crippen molar-refractivity contribution in [2.75, 3.05) is 0 Å². The Morgan fingerprint density at radius 1 is 0.857 bits per heavy atom. The van der Waals surface area contributed by atoms with Gasteiger partial charge in [-0.2, -0.15) is 0 Å². The van der Waals surface area contributed by atoms with Gasteiger partial charge in [0.25, 0.3) is 0 Å². The number of ether oxygens (including phenoxy) is 1. The van der Waals surface area contributed by atoms with E-state index in [2.05, 4.69) is 55.4 Å². The molecule has 4 bridgehead atoms. The molecule has 4 rings (SSSR count). The SMILES string of the molecule is CCC(C)(CC)CC(C)(C(=O)OC1(CC)C2CC3CC(C2)CC1C3)C(C)(C)C. The van der Waals surface area contributed by atoms with Crippen LogP contribution in [0.3, 0.4) is 0 Å². The Bertz CT molecular complexity index is 552. The van der Waals surface area contributed by atoms with Crippen molar-refractivity contribution in [3.8, 4) is 0 Å². The van der Waals surface area contributed by atoms with Gasteiger partial charge in [-0.1, -0.05) is 61.3 Å². The first-order valence-electron chi connectivity index (χ1n) is 12.2. The second-order valence-corrected chi connectivity index (χ2v) is 12.3. The van der Waals surface area contributed by atoms with Crippen LogP contribution in [0, 0.1) is 39.9 Å². The van der Waals surface area contributed by atoms with Crippen LogP contribution in [0.2, 0.25) is 0 Å². The van der Waals surface area contributed by atoms with E-state index in [1.807, 2.05) is 0 Å². The van der Waals surface area contributed by atoms with E-state index >= 15 is 0 Å². The predicted molar refractivity (Wildman–Crippen MR) is 117 cm³/mol. The zero-order chi connectivity index (χ0) is 21.0. The Morgan fingerprint density at radius 3 is 1.68 bits per heavy atom. The number of carbonyl (C=O) groups excluding carboxylic acids is 1. The number of rotatable bonds is 7. The van der Waals surface area contributed by atoms with Crippen molar-refractivity contribution in [3.05, 3.63) is 0 Å². The number of hydrogen-bond acceptors (Lipinski definition) is 2. The van der Waals surface area contributed by atoms with E-state index in [-0.39, 0.29) is 22.4 Å². The van der Waals surface area contributed by atoms with E-state index < -0.39 is 5.41 Å². The first-order chi connectivity index (χ1) is 12.9. The summed E-state index contributed by atoms with van der Waals surface area (Å²) < 4.78 is 6.75. The van der Waals surface area contributed by atoms with Gasteiger partial charge in [0.05, 0.1) is 5.41 Å². The third kappa shape index (κ3) is 3.45. The third-order valence-corrected chi connectivity index (χ3v) is 9.95. The molecule has 0 aromatic heterocycles. The first kappa shape index (κ1) is 22.2. The van der Waals surface area contributed by atoms with Gasteiger partial charge in [0.1, 0.15) is 5.60 Å². The maximum absolute atomic E-state index is 14.0. The van der Waals surface area contributed by atoms with Crippen molar-refractivity contribution < 1.29 is 9.53 Å². The summed E-state index contributed by atoms with van der Waals surface area (Å²) in [5.74, 6) is 3.09. The van der Waals surface area contributed by atoms with Crippen LogP contribution >= 0.6 is 0 Å². The van der Waals surface area contributed by atoms with Gasteiger partial charge in [0.15, 0.2) is 0 Å². The van der Waals surface area contributed by atoms with Crippen molar-refractivity contribution in [1.29, 1.82) is 0 Å². The molecule has 1 unspecified atom stereocenters. The van der Waals surface area contributed by atoms with Crippen molar-refractivity contribution >= 4 is 5.97 Å². The Labute approximate surface area is 174 Å². The average Bonchev–Trinajstić information content (AvgIpc) is 2.63. The largest absolute Gasteiger partial charge is 0.458 e. The minimum atomic E-state index is -0.454. The molecule has 0 aromatic carbocycles. The van der Waals surface area contributed by atoms with Crippen molar-refractivity contribution in [2.45, 2.75) is 119 Å². The van der Waals surface area contributed by atoms with Crippen LogP contribution in [0.1, 0.15) is 113 Å². The standard InChI is InChI=1S/C26H46O2/c1-9-24(7,10-2)17-25(8,23(4,5)6)22(27)28-26(11-3)20-13-18-12-19(15-20)16-21(26)14-18/h18-21H,9-17H2,1-8H3. The van der Waals surface area contributed by atoms with E-state index in [0.717, 1.165) is 37.5 Å². The lowest BCUT2D eigenvalue weighted by Gasteiger charge is -2.61. The lowest BCUT2D eigenvalue weighted by Crippen LogP contribution is -2.61. The fourth-order valence-electron chi connectivity index (χ4n) is 7.08. The zero-order valence-corrected chi connectivity index (χ0v) is 20.0. The van der Waals surface area contributed by atoms with Crippen LogP contribution in [-0.4, -0.2) is 11.6 Å². The molecule has 4 aliphatic carbocycles. The first-order valence-corrected chi connectivity index (χ1v) is 12.2. The highest BCUT2D eigenvalue weighted by Crippen LogP contribution is 2.61. The molecule has 1 atom stereocenters. The molecule has 2 nitrogen and oxygen atoms in total. The molecule has 0 aromatic rings. The second-order valence-electron chi connectivity index (χ2n) is 12.3. The maximum Gasteiger partial charge on any atom is 0.312 e. The lowest BCUT2D eigenvalue weighted by atomic mass is 9.49. The topological polar surface area (TPSA) is 26.3 Å². The molecule has 0 heterocycles. The van der Waals surface area contributed by atoms with Crippen molar-refractivity contribution in [3.63, 3.8) is 0 Å². The Morgan fingerprint density at radius 2 is 1.32 bits per heavy atom. The van der Waals surface area contributed by atoms with E-state index in [1.165, 1.54) is 32.1 Å². The minimum Gasteiger partial charge on any atom is -0.458 e. The molecule has 4 aliphatic rings. The molecule has 0 radical (unpaired) electrons. The molecule has 0 aliphatic heterocycles. The second kappa shape index (κ2) is 7.31. The predicted octanol–water partition coefficient (Wildman–Crippen LogP) is 7.40. The van der Waals surface area contributed by atoms with Gasteiger partial charge in [0, 0.05) is 0 Å². The van der Waals surface area contributed by atoms with E-state index in [4.69, 9.17) is 4.74 Å². The molecule has 28 heavy (non-hydrogen) atoms. The van der Waals surface area contributed by atoms with E-state index in [9.17, 15) is 4.79 Å². The summed E-state index contributed by atoms with van der Waals surface area (Å²) in [6, 6.07) is 0. The summed E-state index contributed by atoms with van der Waals surface area (Å²) >= 11 is 0. The summed E-state index contributed by atoms with van der Waals surface area (Å²) in [6.07, 6.45) is 10.7. The molecule has 0 amide bonds. The van der Waals surface area contributed by atoms with Crippen molar-refractivity contribution in [1.82, 2.24) is 0 Å². The molecule has 162 valence electrons. The summed E-state index contributed by atoms with van der Waals surface area (Å²) in [5, 5.41) is 0.